The fraction of sp³-hybridized carbons (Fsp3) is 0.333. The van der Waals surface area contributed by atoms with E-state index in [2.05, 4.69) is 9.72 Å². The van der Waals surface area contributed by atoms with E-state index in [1.54, 1.807) is 0 Å². The Kier molecular flexibility index (Phi) is 4.11. The van der Waals surface area contributed by atoms with Crippen LogP contribution in [0.3, 0.4) is 0 Å². The highest BCUT2D eigenvalue weighted by molar-refractivity contribution is 5.92. The van der Waals surface area contributed by atoms with Gasteiger partial charge < -0.3 is 18.9 Å². The third-order valence-corrected chi connectivity index (χ3v) is 3.77. The van der Waals surface area contributed by atoms with Gasteiger partial charge in [-0.2, -0.15) is 0 Å². The zero-order valence-electron chi connectivity index (χ0n) is 17.0. The maximum atomic E-state index is 12.5. The van der Waals surface area contributed by atoms with Gasteiger partial charge in [0.05, 0.1) is 18.3 Å². The van der Waals surface area contributed by atoms with Gasteiger partial charge in [0, 0.05) is 29.9 Å². The lowest BCUT2D eigenvalue weighted by Crippen LogP contribution is -2.17. The minimum Gasteiger partial charge on any atom is -0.493 e. The van der Waals surface area contributed by atoms with E-state index in [1.807, 2.05) is 0 Å². The molecule has 0 aliphatic heterocycles. The van der Waals surface area contributed by atoms with Crippen LogP contribution in [0.25, 0.3) is 0 Å². The Morgan fingerprint density at radius 1 is 1.22 bits per heavy atom. The Labute approximate surface area is 157 Å². The average Bonchev–Trinajstić information content (AvgIpc) is 3.46. The zero-order chi connectivity index (χ0) is 22.1. The van der Waals surface area contributed by atoms with Crippen molar-refractivity contribution in [1.29, 1.82) is 0 Å². The maximum absolute atomic E-state index is 12.5. The topological polar surface area (TPSA) is 66.9 Å². The first-order chi connectivity index (χ1) is 13.9. The van der Waals surface area contributed by atoms with Crippen LogP contribution in [-0.2, 0) is 4.74 Å². The summed E-state index contributed by atoms with van der Waals surface area (Å²) >= 11 is 0. The summed E-state index contributed by atoms with van der Waals surface area (Å²) in [5.74, 6) is -2.01. The molecule has 9 heteroatoms. The Bertz CT molecular complexity index is 946. The minimum absolute atomic E-state index is 0.00127. The van der Waals surface area contributed by atoms with Crippen molar-refractivity contribution >= 4 is 5.97 Å². The summed E-state index contributed by atoms with van der Waals surface area (Å²) in [6.45, 7) is 0. The molecule has 1 aliphatic carbocycles. The summed E-state index contributed by atoms with van der Waals surface area (Å²) in [6.07, 6.45) is -1.88. The van der Waals surface area contributed by atoms with Crippen molar-refractivity contribution in [2.75, 3.05) is 14.1 Å². The summed E-state index contributed by atoms with van der Waals surface area (Å²) < 4.78 is 78.2. The molecule has 1 aromatic heterocycles. The van der Waals surface area contributed by atoms with Crippen LogP contribution in [0.2, 0.25) is 0 Å². The number of alkyl halides is 3. The Balaban J connectivity index is 2.00. The summed E-state index contributed by atoms with van der Waals surface area (Å²) in [6, 6.07) is 4.20. The molecule has 1 aromatic carbocycles. The molecule has 0 radical (unpaired) electrons. The molecule has 0 atom stereocenters. The van der Waals surface area contributed by atoms with E-state index < -0.39 is 30.9 Å². The number of nitrogens with zero attached hydrogens (tertiary/aromatic N) is 1. The first kappa shape index (κ1) is 15.1. The lowest BCUT2D eigenvalue weighted by molar-refractivity contribution is -0.274. The number of benzene rings is 1. The molecule has 0 spiro atoms. The van der Waals surface area contributed by atoms with Gasteiger partial charge in [0.2, 0.25) is 0 Å². The first-order valence-corrected chi connectivity index (χ1v) is 7.80. The molecule has 1 aliphatic rings. The minimum atomic E-state index is -4.98. The molecule has 0 bridgehead atoms. The van der Waals surface area contributed by atoms with Gasteiger partial charge in [-0.05, 0) is 25.0 Å². The van der Waals surface area contributed by atoms with Gasteiger partial charge in [-0.25, -0.2) is 4.79 Å². The van der Waals surface area contributed by atoms with Crippen LogP contribution in [-0.4, -0.2) is 31.5 Å². The van der Waals surface area contributed by atoms with Crippen molar-refractivity contribution in [3.63, 3.8) is 0 Å². The fourth-order valence-corrected chi connectivity index (χ4v) is 2.37. The number of ether oxygens (including phenoxy) is 4. The van der Waals surface area contributed by atoms with Gasteiger partial charge in [0.25, 0.3) is 0 Å². The van der Waals surface area contributed by atoms with Crippen LogP contribution < -0.4 is 14.2 Å². The predicted molar refractivity (Wildman–Crippen MR) is 87.3 cm³/mol. The van der Waals surface area contributed by atoms with Crippen molar-refractivity contribution in [3.05, 3.63) is 41.7 Å². The van der Waals surface area contributed by atoms with Gasteiger partial charge in [0.1, 0.15) is 17.1 Å². The van der Waals surface area contributed by atoms with Gasteiger partial charge in [-0.15, -0.1) is 13.2 Å². The highest BCUT2D eigenvalue weighted by Gasteiger charge is 2.32. The second kappa shape index (κ2) is 7.34. The summed E-state index contributed by atoms with van der Waals surface area (Å²) in [7, 11) is -1.81. The molecule has 3 rings (SSSR count). The van der Waals surface area contributed by atoms with E-state index in [1.165, 1.54) is 12.3 Å². The first-order valence-electron chi connectivity index (χ1n) is 9.30. The second-order valence-electron chi connectivity index (χ2n) is 5.73. The smallest absolute Gasteiger partial charge is 0.493 e. The normalized spacial score (nSPS) is 15.9. The third-order valence-electron chi connectivity index (χ3n) is 3.77. The largest absolute Gasteiger partial charge is 0.573 e. The van der Waals surface area contributed by atoms with E-state index >= 15 is 0 Å². The lowest BCUT2D eigenvalue weighted by Gasteiger charge is -2.15. The molecular weight excluding hydrogens is 367 g/mol. The molecule has 1 saturated carbocycles. The molecule has 144 valence electrons. The Morgan fingerprint density at radius 3 is 2.63 bits per heavy atom. The van der Waals surface area contributed by atoms with Crippen molar-refractivity contribution in [3.8, 4) is 23.0 Å². The molecule has 27 heavy (non-hydrogen) atoms. The van der Waals surface area contributed by atoms with E-state index in [0.29, 0.717) is 5.69 Å². The number of methoxy groups -OCH3 is 2. The molecule has 1 heterocycles. The van der Waals surface area contributed by atoms with Gasteiger partial charge >= 0.3 is 12.3 Å². The number of halogens is 3. The molecule has 0 unspecified atom stereocenters. The third kappa shape index (κ3) is 4.60. The molecule has 1 fully saturated rings. The lowest BCUT2D eigenvalue weighted by atomic mass is 10.2. The highest BCUT2D eigenvalue weighted by atomic mass is 19.4. The van der Waals surface area contributed by atoms with Crippen LogP contribution in [0.5, 0.6) is 23.0 Å². The van der Waals surface area contributed by atoms with Crippen LogP contribution in [0.1, 0.15) is 38.9 Å². The molecule has 0 amide bonds. The van der Waals surface area contributed by atoms with Crippen LogP contribution in [0.15, 0.2) is 30.5 Å². The van der Waals surface area contributed by atoms with E-state index in [9.17, 15) is 18.0 Å². The number of carbonyl (C=O) groups excluding carboxylic acids is 1. The number of rotatable bonds is 6. The monoisotopic (exact) mass is 386 g/mol. The van der Waals surface area contributed by atoms with Crippen LogP contribution in [0, 0.1) is 0 Å². The quantitative estimate of drug-likeness (QED) is 0.684. The van der Waals surface area contributed by atoms with Gasteiger partial charge in [-0.3, -0.25) is 4.98 Å². The number of esters is 1. The summed E-state index contributed by atoms with van der Waals surface area (Å²) in [5.41, 5.74) is 0.616. The second-order valence-corrected chi connectivity index (χ2v) is 5.73. The van der Waals surface area contributed by atoms with Gasteiger partial charge in [0.15, 0.2) is 11.5 Å². The number of aromatic nitrogens is 1. The van der Waals surface area contributed by atoms with Crippen molar-refractivity contribution in [2.24, 2.45) is 0 Å². The van der Waals surface area contributed by atoms with Crippen LogP contribution in [0.4, 0.5) is 13.2 Å². The highest BCUT2D eigenvalue weighted by Crippen LogP contribution is 2.42. The van der Waals surface area contributed by atoms with E-state index in [4.69, 9.17) is 18.3 Å². The maximum Gasteiger partial charge on any atom is 0.573 e. The SMILES string of the molecule is [2H]C([2H])([2H])Oc1cc(OC(F)(F)F)ccc1Oc1cc(C2CC2)ncc1C(=O)OC. The molecule has 0 saturated heterocycles. The van der Waals surface area contributed by atoms with Crippen molar-refractivity contribution in [1.82, 2.24) is 4.98 Å². The van der Waals surface area contributed by atoms with Crippen molar-refractivity contribution in [2.45, 2.75) is 25.1 Å². The average molecular weight is 386 g/mol. The predicted octanol–water partition coefficient (Wildman–Crippen LogP) is 4.45. The number of carbonyl (C=O) groups is 1. The molecule has 6 nitrogen and oxygen atoms in total. The van der Waals surface area contributed by atoms with Gasteiger partial charge in [-0.1, -0.05) is 0 Å². The van der Waals surface area contributed by atoms with Crippen LogP contribution >= 0.6 is 0 Å². The molecule has 0 N–H and O–H groups in total. The number of hydrogen-bond donors (Lipinski definition) is 0. The summed E-state index contributed by atoms with van der Waals surface area (Å²) in [4.78, 5) is 16.2. The van der Waals surface area contributed by atoms with E-state index in [-0.39, 0.29) is 23.0 Å². The number of pyridine rings is 1. The van der Waals surface area contributed by atoms with Crippen molar-refractivity contribution < 1.29 is 41.0 Å². The number of hydrogen-bond acceptors (Lipinski definition) is 6. The Hall–Kier alpha value is -2.97. The molecule has 2 aromatic rings. The zero-order valence-corrected chi connectivity index (χ0v) is 14.0. The standard InChI is InChI=1S/C18H16F3NO5/c1-24-16-7-11(27-18(19,20)21)5-6-14(16)26-15-8-13(10-3-4-10)22-9-12(15)17(23)25-2/h5-10H,3-4H2,1-2H3/i1D3. The summed E-state index contributed by atoms with van der Waals surface area (Å²) in [5, 5.41) is 0. The fourth-order valence-electron chi connectivity index (χ4n) is 2.37. The Morgan fingerprint density at radius 2 is 2.00 bits per heavy atom. The van der Waals surface area contributed by atoms with E-state index in [0.717, 1.165) is 38.2 Å². The molecular formula is C18H16F3NO5.